The lowest BCUT2D eigenvalue weighted by Crippen LogP contribution is -2.26. The number of esters is 1. The van der Waals surface area contributed by atoms with E-state index in [9.17, 15) is 9.59 Å². The fourth-order valence-corrected chi connectivity index (χ4v) is 3.54. The number of ether oxygens (including phenoxy) is 1. The molecule has 0 heterocycles. The van der Waals surface area contributed by atoms with Crippen LogP contribution in [0.25, 0.3) is 0 Å². The first-order valence-electron chi connectivity index (χ1n) is 9.77. The Morgan fingerprint density at radius 2 is 1.45 bits per heavy atom. The van der Waals surface area contributed by atoms with Crippen LogP contribution in [0.1, 0.15) is 48.4 Å². The molecule has 0 bridgehead atoms. The molecule has 3 aromatic rings. The highest BCUT2D eigenvalue weighted by Gasteiger charge is 2.26. The van der Waals surface area contributed by atoms with E-state index >= 15 is 0 Å². The molecular weight excluding hydrogens is 433 g/mol. The van der Waals surface area contributed by atoms with E-state index in [0.29, 0.717) is 26.9 Å². The third-order valence-corrected chi connectivity index (χ3v) is 5.12. The first-order chi connectivity index (χ1) is 14.6. The second kappa shape index (κ2) is 9.54. The van der Waals surface area contributed by atoms with Crippen LogP contribution in [-0.2, 0) is 14.9 Å². The van der Waals surface area contributed by atoms with Crippen molar-refractivity contribution in [2.75, 3.05) is 5.32 Å². The third kappa shape index (κ3) is 6.09. The summed E-state index contributed by atoms with van der Waals surface area (Å²) in [6.07, 6.45) is -1.14. The molecule has 3 aromatic carbocycles. The summed E-state index contributed by atoms with van der Waals surface area (Å²) < 4.78 is 5.63. The number of halogens is 2. The summed E-state index contributed by atoms with van der Waals surface area (Å²) in [7, 11) is 0. The molecule has 0 aromatic heterocycles. The molecular formula is C25H23Cl2NO3. The van der Waals surface area contributed by atoms with Crippen molar-refractivity contribution in [1.29, 1.82) is 0 Å². The van der Waals surface area contributed by atoms with Crippen LogP contribution in [0.2, 0.25) is 10.0 Å². The van der Waals surface area contributed by atoms with Crippen LogP contribution in [0, 0.1) is 0 Å². The van der Waals surface area contributed by atoms with E-state index < -0.39 is 18.0 Å². The molecule has 0 unspecified atom stereocenters. The van der Waals surface area contributed by atoms with Gasteiger partial charge in [0.2, 0.25) is 6.10 Å². The summed E-state index contributed by atoms with van der Waals surface area (Å²) in [6.45, 7) is 6.29. The molecule has 0 aliphatic carbocycles. The Hall–Kier alpha value is -2.82. The molecule has 0 spiro atoms. The van der Waals surface area contributed by atoms with Gasteiger partial charge in [0.15, 0.2) is 0 Å². The van der Waals surface area contributed by atoms with Gasteiger partial charge in [-0.1, -0.05) is 86.4 Å². The molecule has 160 valence electrons. The second-order valence-corrected chi connectivity index (χ2v) is 9.04. The van der Waals surface area contributed by atoms with Crippen LogP contribution >= 0.6 is 23.2 Å². The highest BCUT2D eigenvalue weighted by atomic mass is 35.5. The van der Waals surface area contributed by atoms with E-state index in [0.717, 1.165) is 5.56 Å². The van der Waals surface area contributed by atoms with Crippen molar-refractivity contribution < 1.29 is 14.3 Å². The average molecular weight is 456 g/mol. The molecule has 1 atom stereocenters. The zero-order chi connectivity index (χ0) is 22.6. The topological polar surface area (TPSA) is 55.4 Å². The van der Waals surface area contributed by atoms with E-state index in [-0.39, 0.29) is 5.41 Å². The quantitative estimate of drug-likeness (QED) is 0.428. The molecule has 0 aliphatic rings. The maximum absolute atomic E-state index is 13.0. The van der Waals surface area contributed by atoms with Crippen molar-refractivity contribution >= 4 is 40.8 Å². The lowest BCUT2D eigenvalue weighted by Gasteiger charge is -2.20. The average Bonchev–Trinajstić information content (AvgIpc) is 2.71. The predicted molar refractivity (Wildman–Crippen MR) is 125 cm³/mol. The Morgan fingerprint density at radius 1 is 0.871 bits per heavy atom. The molecule has 1 amide bonds. The second-order valence-electron chi connectivity index (χ2n) is 8.17. The van der Waals surface area contributed by atoms with Crippen LogP contribution in [0.5, 0.6) is 0 Å². The summed E-state index contributed by atoms with van der Waals surface area (Å²) >= 11 is 12.0. The molecule has 0 saturated heterocycles. The number of benzene rings is 3. The minimum Gasteiger partial charge on any atom is -0.444 e. The van der Waals surface area contributed by atoms with Gasteiger partial charge in [0.1, 0.15) is 0 Å². The zero-order valence-corrected chi connectivity index (χ0v) is 19.0. The molecule has 4 nitrogen and oxygen atoms in total. The lowest BCUT2D eigenvalue weighted by molar-refractivity contribution is -0.125. The minimum absolute atomic E-state index is 0.0346. The zero-order valence-electron chi connectivity index (χ0n) is 17.5. The normalized spacial score (nSPS) is 12.2. The Morgan fingerprint density at radius 3 is 2.00 bits per heavy atom. The Labute approximate surface area is 192 Å². The van der Waals surface area contributed by atoms with Gasteiger partial charge in [-0.05, 0) is 41.3 Å². The van der Waals surface area contributed by atoms with Crippen LogP contribution in [-0.4, -0.2) is 11.9 Å². The fraction of sp³-hybridized carbons (Fsp3) is 0.200. The van der Waals surface area contributed by atoms with Crippen LogP contribution in [0.4, 0.5) is 5.69 Å². The highest BCUT2D eigenvalue weighted by Crippen LogP contribution is 2.27. The van der Waals surface area contributed by atoms with Crippen molar-refractivity contribution in [2.45, 2.75) is 32.3 Å². The van der Waals surface area contributed by atoms with Gasteiger partial charge >= 0.3 is 5.97 Å². The SMILES string of the molecule is CC(C)(C)c1ccc(C(=O)O[C@H](C(=O)Nc2cc(Cl)cc(Cl)c2)c2ccccc2)cc1. The standard InChI is InChI=1S/C25H23Cl2NO3/c1-25(2,3)18-11-9-17(10-12-18)24(30)31-22(16-7-5-4-6-8-16)23(29)28-21-14-19(26)13-20(27)15-21/h4-15,22H,1-3H3,(H,28,29)/t22-/m0/s1. The van der Waals surface area contributed by atoms with Gasteiger partial charge in [0.05, 0.1) is 5.56 Å². The van der Waals surface area contributed by atoms with Gasteiger partial charge < -0.3 is 10.1 Å². The molecule has 3 rings (SSSR count). The van der Waals surface area contributed by atoms with E-state index in [1.165, 1.54) is 0 Å². The van der Waals surface area contributed by atoms with E-state index in [1.54, 1.807) is 54.6 Å². The van der Waals surface area contributed by atoms with E-state index in [2.05, 4.69) is 26.1 Å². The number of hydrogen-bond acceptors (Lipinski definition) is 3. The van der Waals surface area contributed by atoms with Crippen molar-refractivity contribution in [3.8, 4) is 0 Å². The molecule has 31 heavy (non-hydrogen) atoms. The highest BCUT2D eigenvalue weighted by molar-refractivity contribution is 6.35. The first-order valence-corrected chi connectivity index (χ1v) is 10.5. The molecule has 0 aliphatic heterocycles. The summed E-state index contributed by atoms with van der Waals surface area (Å²) in [5.74, 6) is -1.10. The van der Waals surface area contributed by atoms with Crippen molar-refractivity contribution in [3.63, 3.8) is 0 Å². The van der Waals surface area contributed by atoms with Gasteiger partial charge in [-0.2, -0.15) is 0 Å². The Balaban J connectivity index is 1.84. The van der Waals surface area contributed by atoms with Crippen LogP contribution in [0.15, 0.2) is 72.8 Å². The maximum atomic E-state index is 13.0. The smallest absolute Gasteiger partial charge is 0.339 e. The van der Waals surface area contributed by atoms with Gasteiger partial charge in [-0.15, -0.1) is 0 Å². The number of carbonyl (C=O) groups is 2. The van der Waals surface area contributed by atoms with E-state index in [1.807, 2.05) is 18.2 Å². The number of hydrogen-bond donors (Lipinski definition) is 1. The summed E-state index contributed by atoms with van der Waals surface area (Å²) in [5, 5.41) is 3.49. The van der Waals surface area contributed by atoms with Crippen molar-refractivity contribution in [3.05, 3.63) is 99.5 Å². The fourth-order valence-electron chi connectivity index (χ4n) is 3.02. The third-order valence-electron chi connectivity index (χ3n) is 4.68. The number of nitrogens with one attached hydrogen (secondary N) is 1. The van der Waals surface area contributed by atoms with Gasteiger partial charge in [-0.25, -0.2) is 4.79 Å². The molecule has 6 heteroatoms. The Bertz CT molecular complexity index is 1050. The van der Waals surface area contributed by atoms with Crippen molar-refractivity contribution in [1.82, 2.24) is 0 Å². The molecule has 1 N–H and O–H groups in total. The number of carbonyl (C=O) groups excluding carboxylic acids is 2. The number of anilines is 1. The van der Waals surface area contributed by atoms with Crippen LogP contribution < -0.4 is 5.32 Å². The van der Waals surface area contributed by atoms with Crippen LogP contribution in [0.3, 0.4) is 0 Å². The lowest BCUT2D eigenvalue weighted by atomic mass is 9.87. The molecule has 0 saturated carbocycles. The van der Waals surface area contributed by atoms with Gasteiger partial charge in [0.25, 0.3) is 5.91 Å². The summed E-state index contributed by atoms with van der Waals surface area (Å²) in [5.41, 5.74) is 2.39. The maximum Gasteiger partial charge on any atom is 0.339 e. The predicted octanol–water partition coefficient (Wildman–Crippen LogP) is 6.83. The summed E-state index contributed by atoms with van der Waals surface area (Å²) in [4.78, 5) is 25.8. The minimum atomic E-state index is -1.14. The van der Waals surface area contributed by atoms with Gasteiger partial charge in [-0.3, -0.25) is 4.79 Å². The molecule has 0 radical (unpaired) electrons. The summed E-state index contributed by atoms with van der Waals surface area (Å²) in [6, 6.07) is 20.7. The number of rotatable bonds is 5. The molecule has 0 fully saturated rings. The first kappa shape index (κ1) is 22.9. The van der Waals surface area contributed by atoms with Crippen molar-refractivity contribution in [2.24, 2.45) is 0 Å². The monoisotopic (exact) mass is 455 g/mol. The Kier molecular flexibility index (Phi) is 7.04. The van der Waals surface area contributed by atoms with Gasteiger partial charge in [0, 0.05) is 21.3 Å². The number of amides is 1. The largest absolute Gasteiger partial charge is 0.444 e. The van der Waals surface area contributed by atoms with E-state index in [4.69, 9.17) is 27.9 Å².